The van der Waals surface area contributed by atoms with Crippen molar-refractivity contribution in [3.05, 3.63) is 47.0 Å². The third-order valence-corrected chi connectivity index (χ3v) is 6.50. The van der Waals surface area contributed by atoms with E-state index in [9.17, 15) is 0 Å². The molecule has 0 spiro atoms. The monoisotopic (exact) mass is 266 g/mol. The molecule has 4 atom stereocenters. The number of hydrogen-bond acceptors (Lipinski definition) is 0. The Hall–Kier alpha value is -1.04. The number of rotatable bonds is 1. The molecule has 0 saturated heterocycles. The second-order valence-corrected chi connectivity index (χ2v) is 7.55. The topological polar surface area (TPSA) is 0 Å². The first-order valence-electron chi connectivity index (χ1n) is 8.49. The molecule has 0 nitrogen and oxygen atoms in total. The van der Waals surface area contributed by atoms with Crippen LogP contribution in [-0.4, -0.2) is 0 Å². The van der Waals surface area contributed by atoms with Crippen molar-refractivity contribution >= 4 is 0 Å². The molecule has 0 N–H and O–H groups in total. The van der Waals surface area contributed by atoms with Gasteiger partial charge in [0.1, 0.15) is 0 Å². The highest BCUT2D eigenvalue weighted by Gasteiger charge is 2.48. The van der Waals surface area contributed by atoms with Crippen LogP contribution in [0.25, 0.3) is 0 Å². The average Bonchev–Trinajstić information content (AvgIpc) is 2.88. The number of aryl methyl sites for hydroxylation is 2. The Labute approximate surface area is 123 Å². The van der Waals surface area contributed by atoms with Gasteiger partial charge in [-0.05, 0) is 78.4 Å². The van der Waals surface area contributed by atoms with Crippen molar-refractivity contribution in [2.24, 2.45) is 17.3 Å². The number of benzene rings is 1. The molecular weight excluding hydrogens is 240 g/mol. The summed E-state index contributed by atoms with van der Waals surface area (Å²) in [5.41, 5.74) is 5.46. The van der Waals surface area contributed by atoms with Gasteiger partial charge in [0, 0.05) is 0 Å². The summed E-state index contributed by atoms with van der Waals surface area (Å²) in [5, 5.41) is 0. The largest absolute Gasteiger partial charge is 0.0877 e. The van der Waals surface area contributed by atoms with Crippen LogP contribution in [0.15, 0.2) is 30.4 Å². The average molecular weight is 266 g/mol. The van der Waals surface area contributed by atoms with Crippen LogP contribution in [0.1, 0.15) is 62.1 Å². The molecular formula is C20H26. The molecule has 1 aromatic carbocycles. The lowest BCUT2D eigenvalue weighted by molar-refractivity contribution is 0.0787. The smallest absolute Gasteiger partial charge is 0.0125 e. The fraction of sp³-hybridized carbons (Fsp3) is 0.600. The molecule has 1 aromatic rings. The van der Waals surface area contributed by atoms with Crippen molar-refractivity contribution < 1.29 is 0 Å². The summed E-state index contributed by atoms with van der Waals surface area (Å²) >= 11 is 0. The second-order valence-electron chi connectivity index (χ2n) is 7.55. The summed E-state index contributed by atoms with van der Waals surface area (Å²) in [5.74, 6) is 2.60. The Morgan fingerprint density at radius 2 is 2.15 bits per heavy atom. The molecule has 0 bridgehead atoms. The van der Waals surface area contributed by atoms with E-state index in [1.807, 2.05) is 0 Å². The number of hydrogen-bond donors (Lipinski definition) is 0. The molecule has 3 aliphatic rings. The second kappa shape index (κ2) is 4.48. The molecule has 4 rings (SSSR count). The van der Waals surface area contributed by atoms with Gasteiger partial charge in [-0.3, -0.25) is 0 Å². The van der Waals surface area contributed by atoms with Gasteiger partial charge in [0.05, 0.1) is 0 Å². The molecule has 1 saturated carbocycles. The number of allylic oxidation sites excluding steroid dienone is 2. The van der Waals surface area contributed by atoms with Crippen molar-refractivity contribution in [2.45, 2.75) is 58.3 Å². The molecule has 0 heteroatoms. The van der Waals surface area contributed by atoms with Crippen LogP contribution in [0.3, 0.4) is 0 Å². The molecule has 0 amide bonds. The van der Waals surface area contributed by atoms with Gasteiger partial charge in [0.15, 0.2) is 0 Å². The first-order valence-corrected chi connectivity index (χ1v) is 8.49. The van der Waals surface area contributed by atoms with Crippen molar-refractivity contribution in [3.8, 4) is 0 Å². The van der Waals surface area contributed by atoms with Gasteiger partial charge in [-0.25, -0.2) is 0 Å². The molecule has 0 radical (unpaired) electrons. The molecule has 0 aromatic heterocycles. The van der Waals surface area contributed by atoms with Gasteiger partial charge in [-0.2, -0.15) is 0 Å². The summed E-state index contributed by atoms with van der Waals surface area (Å²) in [6, 6.07) is 7.33. The summed E-state index contributed by atoms with van der Waals surface area (Å²) < 4.78 is 0. The summed E-state index contributed by atoms with van der Waals surface area (Å²) in [4.78, 5) is 0. The molecule has 1 fully saturated rings. The normalized spacial score (nSPS) is 38.2. The lowest BCUT2D eigenvalue weighted by Gasteiger charge is -2.49. The van der Waals surface area contributed by atoms with Gasteiger partial charge in [0.25, 0.3) is 0 Å². The van der Waals surface area contributed by atoms with Crippen LogP contribution in [0.5, 0.6) is 0 Å². The summed E-state index contributed by atoms with van der Waals surface area (Å²) in [7, 11) is 0. The fourth-order valence-corrected chi connectivity index (χ4v) is 5.28. The number of fused-ring (bicyclic) bond motifs is 5. The molecule has 20 heavy (non-hydrogen) atoms. The molecule has 106 valence electrons. The van der Waals surface area contributed by atoms with E-state index in [4.69, 9.17) is 0 Å². The highest BCUT2D eigenvalue weighted by Crippen LogP contribution is 2.58. The molecule has 0 aliphatic heterocycles. The van der Waals surface area contributed by atoms with Crippen LogP contribution < -0.4 is 0 Å². The molecule has 4 unspecified atom stereocenters. The SMILES string of the molecule is CCc1ccc2c(c1)CCC1C2CCC2(C)CC=CC12. The van der Waals surface area contributed by atoms with E-state index >= 15 is 0 Å². The van der Waals surface area contributed by atoms with Crippen LogP contribution in [0.4, 0.5) is 0 Å². The summed E-state index contributed by atoms with van der Waals surface area (Å²) in [6.45, 7) is 4.80. The summed E-state index contributed by atoms with van der Waals surface area (Å²) in [6.07, 6.45) is 13.1. The third-order valence-electron chi connectivity index (χ3n) is 6.50. The maximum Gasteiger partial charge on any atom is -0.0125 e. The van der Waals surface area contributed by atoms with E-state index < -0.39 is 0 Å². The predicted molar refractivity (Wildman–Crippen MR) is 85.0 cm³/mol. The van der Waals surface area contributed by atoms with Gasteiger partial charge in [-0.15, -0.1) is 0 Å². The van der Waals surface area contributed by atoms with Gasteiger partial charge >= 0.3 is 0 Å². The van der Waals surface area contributed by atoms with Gasteiger partial charge in [-0.1, -0.05) is 44.2 Å². The Balaban J connectivity index is 1.71. The lowest BCUT2D eigenvalue weighted by atomic mass is 9.55. The van der Waals surface area contributed by atoms with E-state index in [1.54, 1.807) is 11.1 Å². The zero-order valence-corrected chi connectivity index (χ0v) is 12.9. The standard InChI is InChI=1S/C20H26/c1-3-14-6-8-16-15(13-14)7-9-18-17(16)10-12-20(2)11-4-5-19(18)20/h4-6,8,13,17-19H,3,7,9-12H2,1-2H3. The maximum absolute atomic E-state index is 2.56. The van der Waals surface area contributed by atoms with Gasteiger partial charge in [0.2, 0.25) is 0 Å². The first kappa shape index (κ1) is 12.7. The van der Waals surface area contributed by atoms with E-state index in [0.29, 0.717) is 5.41 Å². The van der Waals surface area contributed by atoms with Crippen molar-refractivity contribution in [3.63, 3.8) is 0 Å². The highest BCUT2D eigenvalue weighted by atomic mass is 14.5. The highest BCUT2D eigenvalue weighted by molar-refractivity contribution is 5.38. The zero-order valence-electron chi connectivity index (χ0n) is 12.9. The fourth-order valence-electron chi connectivity index (χ4n) is 5.28. The Morgan fingerprint density at radius 1 is 1.25 bits per heavy atom. The van der Waals surface area contributed by atoms with Crippen molar-refractivity contribution in [1.29, 1.82) is 0 Å². The van der Waals surface area contributed by atoms with Gasteiger partial charge < -0.3 is 0 Å². The van der Waals surface area contributed by atoms with E-state index in [2.05, 4.69) is 44.2 Å². The first-order chi connectivity index (χ1) is 9.71. The van der Waals surface area contributed by atoms with Crippen LogP contribution in [0.2, 0.25) is 0 Å². The lowest BCUT2D eigenvalue weighted by Crippen LogP contribution is -2.39. The van der Waals surface area contributed by atoms with Crippen molar-refractivity contribution in [1.82, 2.24) is 0 Å². The quantitative estimate of drug-likeness (QED) is 0.607. The Morgan fingerprint density at radius 3 is 3.00 bits per heavy atom. The van der Waals surface area contributed by atoms with Crippen molar-refractivity contribution in [2.75, 3.05) is 0 Å². The Kier molecular flexibility index (Phi) is 2.84. The maximum atomic E-state index is 2.56. The minimum Gasteiger partial charge on any atom is -0.0877 e. The van der Waals surface area contributed by atoms with Crippen LogP contribution in [-0.2, 0) is 12.8 Å². The Bertz CT molecular complexity index is 553. The minimum absolute atomic E-state index is 0.585. The van der Waals surface area contributed by atoms with Crippen LogP contribution in [0, 0.1) is 17.3 Å². The van der Waals surface area contributed by atoms with E-state index in [-0.39, 0.29) is 0 Å². The van der Waals surface area contributed by atoms with E-state index in [1.165, 1.54) is 44.1 Å². The predicted octanol–water partition coefficient (Wildman–Crippen LogP) is 5.27. The molecule has 0 heterocycles. The van der Waals surface area contributed by atoms with Crippen LogP contribution >= 0.6 is 0 Å². The minimum atomic E-state index is 0.585. The molecule has 3 aliphatic carbocycles. The third kappa shape index (κ3) is 1.73. The zero-order chi connectivity index (χ0) is 13.7. The van der Waals surface area contributed by atoms with E-state index in [0.717, 1.165) is 17.8 Å².